The van der Waals surface area contributed by atoms with Crippen molar-refractivity contribution >= 4 is 17.8 Å². The van der Waals surface area contributed by atoms with E-state index in [-0.39, 0.29) is 30.1 Å². The number of hydrogen-bond acceptors (Lipinski definition) is 4. The lowest BCUT2D eigenvalue weighted by molar-refractivity contribution is -0.152. The van der Waals surface area contributed by atoms with Crippen molar-refractivity contribution in [3.05, 3.63) is 0 Å². The van der Waals surface area contributed by atoms with Crippen LogP contribution in [0.15, 0.2) is 0 Å². The van der Waals surface area contributed by atoms with Gasteiger partial charge in [0.15, 0.2) is 0 Å². The highest BCUT2D eigenvalue weighted by Gasteiger charge is 2.41. The second kappa shape index (κ2) is 11.2. The highest BCUT2D eigenvalue weighted by Crippen LogP contribution is 2.32. The Balaban J connectivity index is 1.61. The molecule has 1 heterocycles. The first kappa shape index (κ1) is 20.7. The van der Waals surface area contributed by atoms with Gasteiger partial charge in [0.25, 0.3) is 0 Å². The Labute approximate surface area is 157 Å². The van der Waals surface area contributed by atoms with Gasteiger partial charge in [-0.25, -0.2) is 0 Å². The van der Waals surface area contributed by atoms with Crippen molar-refractivity contribution in [3.63, 3.8) is 0 Å². The summed E-state index contributed by atoms with van der Waals surface area (Å²) in [4.78, 5) is 38.1. The van der Waals surface area contributed by atoms with Crippen molar-refractivity contribution in [1.29, 1.82) is 0 Å². The molecule has 1 saturated carbocycles. The first-order valence-corrected chi connectivity index (χ1v) is 10.4. The summed E-state index contributed by atoms with van der Waals surface area (Å²) in [5, 5.41) is 2.75. The summed E-state index contributed by atoms with van der Waals surface area (Å²) in [6.07, 6.45) is 11.3. The van der Waals surface area contributed by atoms with Crippen molar-refractivity contribution in [1.82, 2.24) is 10.2 Å². The summed E-state index contributed by atoms with van der Waals surface area (Å²) in [7, 11) is 0. The van der Waals surface area contributed by atoms with Gasteiger partial charge in [-0.2, -0.15) is 0 Å². The molecule has 6 nitrogen and oxygen atoms in total. The van der Waals surface area contributed by atoms with Gasteiger partial charge in [-0.3, -0.25) is 14.4 Å². The normalized spacial score (nSPS) is 20.0. The number of unbranched alkanes of at least 4 members (excludes halogenated alkanes) is 7. The van der Waals surface area contributed by atoms with E-state index in [1.165, 1.54) is 38.5 Å². The van der Waals surface area contributed by atoms with Gasteiger partial charge in [0.2, 0.25) is 11.8 Å². The molecule has 1 aliphatic heterocycles. The molecule has 2 aliphatic rings. The van der Waals surface area contributed by atoms with Crippen LogP contribution in [0.3, 0.4) is 0 Å². The largest absolute Gasteiger partial charge is 0.466 e. The van der Waals surface area contributed by atoms with E-state index in [9.17, 15) is 14.4 Å². The number of piperazine rings is 1. The van der Waals surface area contributed by atoms with Crippen LogP contribution < -0.4 is 5.32 Å². The number of carbonyl (C=O) groups is 3. The smallest absolute Gasteiger partial charge is 0.308 e. The number of ether oxygens (including phenoxy) is 1. The van der Waals surface area contributed by atoms with E-state index in [0.29, 0.717) is 19.7 Å². The van der Waals surface area contributed by atoms with Crippen molar-refractivity contribution < 1.29 is 19.1 Å². The number of esters is 1. The maximum atomic E-state index is 12.3. The third-order valence-corrected chi connectivity index (χ3v) is 5.16. The molecule has 26 heavy (non-hydrogen) atoms. The van der Waals surface area contributed by atoms with Gasteiger partial charge in [-0.15, -0.1) is 0 Å². The van der Waals surface area contributed by atoms with Gasteiger partial charge in [0, 0.05) is 19.0 Å². The quantitative estimate of drug-likeness (QED) is 0.426. The molecule has 0 radical (unpaired) electrons. The maximum absolute atomic E-state index is 12.3. The summed E-state index contributed by atoms with van der Waals surface area (Å²) in [5.74, 6) is -0.560. The highest BCUT2D eigenvalue weighted by atomic mass is 16.5. The molecule has 0 spiro atoms. The molecule has 148 valence electrons. The molecule has 0 bridgehead atoms. The predicted octanol–water partition coefficient (Wildman–Crippen LogP) is 2.80. The molecule has 1 saturated heterocycles. The molecule has 1 unspecified atom stereocenters. The minimum absolute atomic E-state index is 0.0146. The van der Waals surface area contributed by atoms with E-state index in [4.69, 9.17) is 4.74 Å². The Morgan fingerprint density at radius 3 is 2.38 bits per heavy atom. The molecule has 2 rings (SSSR count). The van der Waals surface area contributed by atoms with Crippen LogP contribution in [0.25, 0.3) is 0 Å². The molecule has 2 amide bonds. The summed E-state index contributed by atoms with van der Waals surface area (Å²) >= 11 is 0. The van der Waals surface area contributed by atoms with Gasteiger partial charge in [0.05, 0.1) is 13.0 Å². The molecule has 6 heteroatoms. The van der Waals surface area contributed by atoms with Crippen LogP contribution in [-0.2, 0) is 19.1 Å². The molecular weight excluding hydrogens is 332 g/mol. The zero-order valence-electron chi connectivity index (χ0n) is 16.1. The third kappa shape index (κ3) is 6.96. The number of rotatable bonds is 12. The van der Waals surface area contributed by atoms with E-state index in [2.05, 4.69) is 12.2 Å². The van der Waals surface area contributed by atoms with E-state index < -0.39 is 6.04 Å². The van der Waals surface area contributed by atoms with Gasteiger partial charge in [-0.1, -0.05) is 51.9 Å². The van der Waals surface area contributed by atoms with E-state index in [0.717, 1.165) is 25.7 Å². The standard InChI is InChI=1S/C20H34N2O4/c1-2-3-4-5-6-7-8-9-14-26-18(23)15-17-19(24)21-12-13-22(17)20(25)16-10-11-16/h16-17H,2-15H2,1H3,(H,21,24). The van der Waals surface area contributed by atoms with Crippen LogP contribution >= 0.6 is 0 Å². The van der Waals surface area contributed by atoms with Crippen molar-refractivity contribution in [3.8, 4) is 0 Å². The van der Waals surface area contributed by atoms with Crippen LogP contribution in [0.1, 0.15) is 77.6 Å². The molecule has 1 atom stereocenters. The summed E-state index contributed by atoms with van der Waals surface area (Å²) in [6, 6.07) is -0.706. The maximum Gasteiger partial charge on any atom is 0.308 e. The Hall–Kier alpha value is -1.59. The van der Waals surface area contributed by atoms with Gasteiger partial charge in [-0.05, 0) is 19.3 Å². The van der Waals surface area contributed by atoms with Crippen molar-refractivity contribution in [2.75, 3.05) is 19.7 Å². The average Bonchev–Trinajstić information content (AvgIpc) is 3.46. The molecule has 1 N–H and O–H groups in total. The Morgan fingerprint density at radius 2 is 1.73 bits per heavy atom. The van der Waals surface area contributed by atoms with Gasteiger partial charge in [0.1, 0.15) is 6.04 Å². The lowest BCUT2D eigenvalue weighted by Gasteiger charge is -2.34. The number of amides is 2. The van der Waals surface area contributed by atoms with E-state index in [1.54, 1.807) is 4.90 Å². The molecule has 0 aromatic rings. The van der Waals surface area contributed by atoms with Crippen molar-refractivity contribution in [2.45, 2.75) is 83.6 Å². The molecular formula is C20H34N2O4. The zero-order chi connectivity index (χ0) is 18.8. The fraction of sp³-hybridized carbons (Fsp3) is 0.850. The number of nitrogens with one attached hydrogen (secondary N) is 1. The minimum Gasteiger partial charge on any atom is -0.466 e. The Bertz CT molecular complexity index is 476. The first-order chi connectivity index (χ1) is 12.6. The fourth-order valence-corrected chi connectivity index (χ4v) is 3.38. The fourth-order valence-electron chi connectivity index (χ4n) is 3.38. The SMILES string of the molecule is CCCCCCCCCCOC(=O)CC1C(=O)NCCN1C(=O)C1CC1. The predicted molar refractivity (Wildman–Crippen MR) is 99.4 cm³/mol. The highest BCUT2D eigenvalue weighted by molar-refractivity contribution is 5.93. The Kier molecular flexibility index (Phi) is 8.92. The molecule has 0 aromatic carbocycles. The topological polar surface area (TPSA) is 75.7 Å². The molecule has 2 fully saturated rings. The van der Waals surface area contributed by atoms with Crippen LogP contribution in [0, 0.1) is 5.92 Å². The zero-order valence-corrected chi connectivity index (χ0v) is 16.1. The van der Waals surface area contributed by atoms with E-state index >= 15 is 0 Å². The van der Waals surface area contributed by atoms with Gasteiger partial charge < -0.3 is 15.0 Å². The molecule has 1 aliphatic carbocycles. The van der Waals surface area contributed by atoms with Crippen LogP contribution in [0.2, 0.25) is 0 Å². The third-order valence-electron chi connectivity index (χ3n) is 5.16. The number of nitrogens with zero attached hydrogens (tertiary/aromatic N) is 1. The second-order valence-electron chi connectivity index (χ2n) is 7.51. The first-order valence-electron chi connectivity index (χ1n) is 10.4. The monoisotopic (exact) mass is 366 g/mol. The summed E-state index contributed by atoms with van der Waals surface area (Å²) in [6.45, 7) is 3.56. The van der Waals surface area contributed by atoms with Crippen molar-refractivity contribution in [2.24, 2.45) is 5.92 Å². The number of carbonyl (C=O) groups excluding carboxylic acids is 3. The number of hydrogen-bond donors (Lipinski definition) is 1. The average molecular weight is 367 g/mol. The van der Waals surface area contributed by atoms with Crippen LogP contribution in [0.4, 0.5) is 0 Å². The summed E-state index contributed by atoms with van der Waals surface area (Å²) in [5.41, 5.74) is 0. The second-order valence-corrected chi connectivity index (χ2v) is 7.51. The van der Waals surface area contributed by atoms with Crippen LogP contribution in [-0.4, -0.2) is 48.4 Å². The molecule has 0 aromatic heterocycles. The summed E-state index contributed by atoms with van der Waals surface area (Å²) < 4.78 is 5.29. The van der Waals surface area contributed by atoms with Crippen LogP contribution in [0.5, 0.6) is 0 Å². The lowest BCUT2D eigenvalue weighted by Crippen LogP contribution is -2.58. The lowest BCUT2D eigenvalue weighted by atomic mass is 10.1. The van der Waals surface area contributed by atoms with Gasteiger partial charge >= 0.3 is 5.97 Å². The Morgan fingerprint density at radius 1 is 1.08 bits per heavy atom. The van der Waals surface area contributed by atoms with E-state index in [1.807, 2.05) is 0 Å². The minimum atomic E-state index is -0.706.